The van der Waals surface area contributed by atoms with Crippen LogP contribution in [-0.2, 0) is 14.3 Å². The highest BCUT2D eigenvalue weighted by Gasteiger charge is 2.40. The van der Waals surface area contributed by atoms with E-state index in [2.05, 4.69) is 86.2 Å². The fraction of sp³-hybridized carbons (Fsp3) is 0.385. The summed E-state index contributed by atoms with van der Waals surface area (Å²) < 4.78 is 10.4. The lowest BCUT2D eigenvalue weighted by Crippen LogP contribution is -2.53. The zero-order valence-electron chi connectivity index (χ0n) is 28.3. The van der Waals surface area contributed by atoms with Crippen LogP contribution in [0, 0.1) is 5.92 Å². The van der Waals surface area contributed by atoms with Gasteiger partial charge in [0.2, 0.25) is 5.91 Å². The smallest absolute Gasteiger partial charge is 0.407 e. The van der Waals surface area contributed by atoms with Crippen molar-refractivity contribution in [1.82, 2.24) is 35.5 Å². The number of H-pyrrole nitrogens is 2. The lowest BCUT2D eigenvalue weighted by Gasteiger charge is -2.34. The van der Waals surface area contributed by atoms with Crippen LogP contribution in [-0.4, -0.2) is 76.3 Å². The summed E-state index contributed by atoms with van der Waals surface area (Å²) in [7, 11) is 1.32. The molecule has 3 atom stereocenters. The second-order valence-electron chi connectivity index (χ2n) is 13.6. The maximum atomic E-state index is 13.9. The van der Waals surface area contributed by atoms with Gasteiger partial charge in [-0.3, -0.25) is 4.79 Å². The number of likely N-dealkylation sites (tertiary alicyclic amines) is 1. The summed E-state index contributed by atoms with van der Waals surface area (Å²) in [6.07, 6.45) is 8.60. The topological polar surface area (TPSA) is 137 Å². The summed E-state index contributed by atoms with van der Waals surface area (Å²) >= 11 is 0. The van der Waals surface area contributed by atoms with Crippen LogP contribution in [0.25, 0.3) is 44.4 Å². The Morgan fingerprint density at radius 1 is 0.820 bits per heavy atom. The van der Waals surface area contributed by atoms with E-state index in [0.717, 1.165) is 71.1 Å². The van der Waals surface area contributed by atoms with Gasteiger partial charge in [0.25, 0.3) is 0 Å². The van der Waals surface area contributed by atoms with E-state index < -0.39 is 12.1 Å². The average Bonchev–Trinajstić information content (AvgIpc) is 4.01. The van der Waals surface area contributed by atoms with E-state index in [4.69, 9.17) is 14.5 Å². The third-order valence-electron chi connectivity index (χ3n) is 10.6. The minimum absolute atomic E-state index is 0.00296. The molecule has 50 heavy (non-hydrogen) atoms. The summed E-state index contributed by atoms with van der Waals surface area (Å²) in [5.74, 6) is 1.68. The molecule has 0 radical (unpaired) electrons. The number of nitrogens with zero attached hydrogens (tertiary/aromatic N) is 3. The van der Waals surface area contributed by atoms with Crippen molar-refractivity contribution in [3.63, 3.8) is 0 Å². The van der Waals surface area contributed by atoms with Crippen molar-refractivity contribution in [3.05, 3.63) is 84.7 Å². The van der Waals surface area contributed by atoms with Gasteiger partial charge in [-0.1, -0.05) is 48.5 Å². The van der Waals surface area contributed by atoms with Gasteiger partial charge in [0, 0.05) is 25.3 Å². The van der Waals surface area contributed by atoms with E-state index >= 15 is 0 Å². The third kappa shape index (κ3) is 6.50. The van der Waals surface area contributed by atoms with Gasteiger partial charge in [-0.05, 0) is 90.6 Å². The molecule has 0 spiro atoms. The molecule has 0 bridgehead atoms. The van der Waals surface area contributed by atoms with Gasteiger partial charge >= 0.3 is 6.09 Å². The van der Waals surface area contributed by atoms with Crippen molar-refractivity contribution in [1.29, 1.82) is 0 Å². The second kappa shape index (κ2) is 14.1. The molecule has 0 unspecified atom stereocenters. The number of methoxy groups -OCH3 is 1. The van der Waals surface area contributed by atoms with Gasteiger partial charge in [-0.2, -0.15) is 0 Å². The van der Waals surface area contributed by atoms with Crippen molar-refractivity contribution in [2.75, 3.05) is 33.4 Å². The van der Waals surface area contributed by atoms with Crippen molar-refractivity contribution in [3.8, 4) is 33.6 Å². The number of carbonyl (C=O) groups is 2. The molecule has 2 amide bonds. The molecule has 2 aromatic heterocycles. The number of carbonyl (C=O) groups excluding carboxylic acids is 2. The largest absolute Gasteiger partial charge is 0.453 e. The number of nitrogens with one attached hydrogen (secondary N) is 4. The summed E-state index contributed by atoms with van der Waals surface area (Å²) in [6.45, 7) is 2.82. The Kier molecular flexibility index (Phi) is 9.08. The molecular formula is C39H43N7O4. The fourth-order valence-electron chi connectivity index (χ4n) is 7.78. The van der Waals surface area contributed by atoms with Gasteiger partial charge in [-0.15, -0.1) is 0 Å². The Morgan fingerprint density at radius 2 is 1.48 bits per heavy atom. The lowest BCUT2D eigenvalue weighted by molar-refractivity contribution is -0.136. The Balaban J connectivity index is 0.961. The van der Waals surface area contributed by atoms with E-state index in [0.29, 0.717) is 38.6 Å². The first-order valence-corrected chi connectivity index (χ1v) is 17.7. The number of hydrogen-bond donors (Lipinski definition) is 4. The monoisotopic (exact) mass is 673 g/mol. The number of alkyl carbamates (subject to hydrolysis) is 1. The molecule has 3 fully saturated rings. The Bertz CT molecular complexity index is 1970. The molecule has 11 nitrogen and oxygen atoms in total. The van der Waals surface area contributed by atoms with Gasteiger partial charge < -0.3 is 35.0 Å². The van der Waals surface area contributed by atoms with Gasteiger partial charge in [0.1, 0.15) is 17.7 Å². The summed E-state index contributed by atoms with van der Waals surface area (Å²) in [5.41, 5.74) is 6.38. The van der Waals surface area contributed by atoms with E-state index in [1.165, 1.54) is 24.3 Å². The van der Waals surface area contributed by atoms with Crippen molar-refractivity contribution < 1.29 is 19.1 Å². The highest BCUT2D eigenvalue weighted by atomic mass is 16.5. The maximum Gasteiger partial charge on any atom is 0.407 e. The second-order valence-corrected chi connectivity index (χ2v) is 13.6. The zero-order valence-corrected chi connectivity index (χ0v) is 28.3. The first-order chi connectivity index (χ1) is 24.5. The van der Waals surface area contributed by atoms with Crippen LogP contribution >= 0.6 is 0 Å². The van der Waals surface area contributed by atoms with Crippen molar-refractivity contribution in [2.45, 2.75) is 56.7 Å². The molecule has 5 aromatic rings. The molecule has 5 heterocycles. The Hall–Kier alpha value is -5.00. The molecule has 258 valence electrons. The number of benzene rings is 3. The molecular weight excluding hydrogens is 630 g/mol. The van der Waals surface area contributed by atoms with Crippen LogP contribution in [0.4, 0.5) is 4.79 Å². The highest BCUT2D eigenvalue weighted by molar-refractivity contribution is 5.90. The van der Waals surface area contributed by atoms with E-state index in [9.17, 15) is 9.59 Å². The molecule has 8 rings (SSSR count). The number of fused-ring (bicyclic) bond motifs is 1. The van der Waals surface area contributed by atoms with Crippen LogP contribution in [0.2, 0.25) is 0 Å². The predicted molar refractivity (Wildman–Crippen MR) is 191 cm³/mol. The summed E-state index contributed by atoms with van der Waals surface area (Å²) in [4.78, 5) is 44.4. The predicted octanol–water partition coefficient (Wildman–Crippen LogP) is 6.53. The highest BCUT2D eigenvalue weighted by Crippen LogP contribution is 2.35. The molecule has 0 aliphatic carbocycles. The van der Waals surface area contributed by atoms with Crippen LogP contribution in [0.15, 0.2) is 73.1 Å². The summed E-state index contributed by atoms with van der Waals surface area (Å²) in [5, 5.41) is 8.69. The standard InChI is InChI=1S/C39H43N7O4/c1-49-39(48)45-35(26-14-18-50-19-15-26)38(47)46-17-3-5-34(46)37-42-22-32(44-37)25-8-6-24(7-9-25)27-10-11-29-21-30(13-12-28(29)20-27)33-23-41-36(43-33)31-4-2-16-40-31/h6-13,20-23,26,31,34-35,40H,2-5,14-19H2,1H3,(H,41,43)(H,42,44)(H,45,48)/t31-,34-,35-/m0/s1. The SMILES string of the molecule is COC(=O)N[C@H](C(=O)N1CCC[C@H]1c1ncc(-c2ccc(-c3ccc4cc(-c5cnc([C@@H]6CCCN6)[nH]5)ccc4c3)cc2)[nH]1)C1CCOCC1. The molecule has 3 saturated heterocycles. The first kappa shape index (κ1) is 32.2. The van der Waals surface area contributed by atoms with E-state index in [-0.39, 0.29) is 17.9 Å². The number of amides is 2. The van der Waals surface area contributed by atoms with Gasteiger partial charge in [0.05, 0.1) is 43.0 Å². The lowest BCUT2D eigenvalue weighted by atomic mass is 9.90. The Morgan fingerprint density at radius 3 is 2.22 bits per heavy atom. The minimum Gasteiger partial charge on any atom is -0.453 e. The van der Waals surface area contributed by atoms with E-state index in [1.807, 2.05) is 17.3 Å². The molecule has 0 saturated carbocycles. The van der Waals surface area contributed by atoms with Crippen LogP contribution in [0.3, 0.4) is 0 Å². The van der Waals surface area contributed by atoms with Crippen LogP contribution in [0.5, 0.6) is 0 Å². The quantitative estimate of drug-likeness (QED) is 0.147. The number of aromatic nitrogens is 4. The maximum absolute atomic E-state index is 13.9. The number of rotatable bonds is 8. The number of aromatic amines is 2. The minimum atomic E-state index is -0.658. The fourth-order valence-corrected chi connectivity index (χ4v) is 7.78. The normalized spacial score (nSPS) is 20.3. The van der Waals surface area contributed by atoms with Gasteiger partial charge in [-0.25, -0.2) is 14.8 Å². The Labute approximate surface area is 291 Å². The van der Waals surface area contributed by atoms with Gasteiger partial charge in [0.15, 0.2) is 0 Å². The number of imidazole rings is 2. The molecule has 3 aromatic carbocycles. The number of ether oxygens (including phenoxy) is 2. The molecule has 3 aliphatic heterocycles. The molecule has 11 heteroatoms. The molecule has 4 N–H and O–H groups in total. The van der Waals surface area contributed by atoms with Crippen LogP contribution in [0.1, 0.15) is 62.3 Å². The summed E-state index contributed by atoms with van der Waals surface area (Å²) in [6, 6.07) is 21.1. The van der Waals surface area contributed by atoms with Crippen LogP contribution < -0.4 is 10.6 Å². The van der Waals surface area contributed by atoms with E-state index in [1.54, 1.807) is 0 Å². The molecule has 3 aliphatic rings. The average molecular weight is 674 g/mol. The third-order valence-corrected chi connectivity index (χ3v) is 10.6. The first-order valence-electron chi connectivity index (χ1n) is 17.7. The zero-order chi connectivity index (χ0) is 34.0. The van der Waals surface area contributed by atoms with Crippen molar-refractivity contribution in [2.24, 2.45) is 5.92 Å². The number of hydrogen-bond acceptors (Lipinski definition) is 7. The van der Waals surface area contributed by atoms with Crippen molar-refractivity contribution >= 4 is 22.8 Å².